The molecule has 0 bridgehead atoms. The first-order valence-electron chi connectivity index (χ1n) is 6.63. The van der Waals surface area contributed by atoms with Crippen LogP contribution in [-0.2, 0) is 7.05 Å². The van der Waals surface area contributed by atoms with Gasteiger partial charge in [-0.25, -0.2) is 0 Å². The largest absolute Gasteiger partial charge is 0.394 e. The number of nitrogen functional groups attached to an aromatic ring is 1. The highest BCUT2D eigenvalue weighted by Crippen LogP contribution is 2.27. The fraction of sp³-hybridized carbons (Fsp3) is 0.769. The van der Waals surface area contributed by atoms with E-state index in [-0.39, 0.29) is 0 Å². The van der Waals surface area contributed by atoms with Crippen LogP contribution in [0.3, 0.4) is 0 Å². The van der Waals surface area contributed by atoms with Crippen molar-refractivity contribution in [3.05, 3.63) is 5.69 Å². The van der Waals surface area contributed by atoms with Crippen molar-refractivity contribution in [3.63, 3.8) is 0 Å². The van der Waals surface area contributed by atoms with E-state index in [0.717, 1.165) is 23.7 Å². The van der Waals surface area contributed by atoms with E-state index in [1.807, 2.05) is 23.5 Å². The van der Waals surface area contributed by atoms with Crippen molar-refractivity contribution in [1.82, 2.24) is 9.78 Å². The third-order valence-electron chi connectivity index (χ3n) is 2.98. The Morgan fingerprint density at radius 2 is 2.06 bits per heavy atom. The van der Waals surface area contributed by atoms with E-state index >= 15 is 0 Å². The number of rotatable bonds is 8. The maximum Gasteiger partial charge on any atom is 0.147 e. The molecule has 1 aromatic heterocycles. The molecule has 0 unspecified atom stereocenters. The Morgan fingerprint density at radius 3 is 2.61 bits per heavy atom. The molecule has 4 nitrogen and oxygen atoms in total. The molecule has 18 heavy (non-hydrogen) atoms. The molecule has 1 aromatic rings. The van der Waals surface area contributed by atoms with Gasteiger partial charge in [-0.3, -0.25) is 4.68 Å². The lowest BCUT2D eigenvalue weighted by Crippen LogP contribution is -2.08. The molecule has 0 aliphatic rings. The van der Waals surface area contributed by atoms with Gasteiger partial charge in [-0.05, 0) is 30.8 Å². The van der Waals surface area contributed by atoms with Crippen LogP contribution in [0.4, 0.5) is 11.5 Å². The van der Waals surface area contributed by atoms with Gasteiger partial charge >= 0.3 is 0 Å². The summed E-state index contributed by atoms with van der Waals surface area (Å²) >= 11 is 1.91. The number of hydrogen-bond acceptors (Lipinski definition) is 4. The van der Waals surface area contributed by atoms with E-state index in [1.165, 1.54) is 25.0 Å². The van der Waals surface area contributed by atoms with Crippen molar-refractivity contribution in [2.24, 2.45) is 7.05 Å². The van der Waals surface area contributed by atoms with Crippen LogP contribution in [0.15, 0.2) is 0 Å². The van der Waals surface area contributed by atoms with Crippen molar-refractivity contribution >= 4 is 23.3 Å². The zero-order valence-corrected chi connectivity index (χ0v) is 12.8. The van der Waals surface area contributed by atoms with Crippen molar-refractivity contribution in [3.8, 4) is 0 Å². The summed E-state index contributed by atoms with van der Waals surface area (Å²) in [7, 11) is 1.94. The van der Waals surface area contributed by atoms with Gasteiger partial charge < -0.3 is 11.1 Å². The Labute approximate surface area is 115 Å². The summed E-state index contributed by atoms with van der Waals surface area (Å²) in [6.45, 7) is 5.20. The van der Waals surface area contributed by atoms with Crippen LogP contribution in [-0.4, -0.2) is 28.3 Å². The molecule has 0 aromatic carbocycles. The Kier molecular flexibility index (Phi) is 6.39. The predicted molar refractivity (Wildman–Crippen MR) is 82.4 cm³/mol. The molecule has 0 amide bonds. The zero-order chi connectivity index (χ0) is 13.5. The van der Waals surface area contributed by atoms with Crippen LogP contribution in [0.1, 0.15) is 44.7 Å². The number of aromatic nitrogens is 2. The number of unbranched alkanes of at least 4 members (excludes halogenated alkanes) is 2. The Morgan fingerprint density at radius 1 is 1.33 bits per heavy atom. The van der Waals surface area contributed by atoms with Crippen LogP contribution in [0, 0.1) is 0 Å². The summed E-state index contributed by atoms with van der Waals surface area (Å²) in [5, 5.41) is 7.87. The van der Waals surface area contributed by atoms with Gasteiger partial charge in [0.05, 0.1) is 11.4 Å². The average Bonchev–Trinajstić information content (AvgIpc) is 2.60. The molecule has 0 fully saturated rings. The number of aryl methyl sites for hydroxylation is 1. The number of hydrogen-bond donors (Lipinski definition) is 2. The van der Waals surface area contributed by atoms with Gasteiger partial charge in [-0.15, -0.1) is 0 Å². The topological polar surface area (TPSA) is 55.9 Å². The minimum absolute atomic E-state index is 0.369. The van der Waals surface area contributed by atoms with Gasteiger partial charge in [-0.1, -0.05) is 20.3 Å². The third kappa shape index (κ3) is 4.12. The highest BCUT2D eigenvalue weighted by Gasteiger charge is 2.15. The lowest BCUT2D eigenvalue weighted by molar-refractivity contribution is 0.706. The summed E-state index contributed by atoms with van der Waals surface area (Å²) < 4.78 is 1.85. The molecule has 0 aliphatic heterocycles. The SMILES string of the molecule is CSCCCCCNc1c(N)c(C(C)C)nn1C. The van der Waals surface area contributed by atoms with E-state index < -0.39 is 0 Å². The second kappa shape index (κ2) is 7.56. The molecule has 1 rings (SSSR count). The summed E-state index contributed by atoms with van der Waals surface area (Å²) in [5.41, 5.74) is 7.91. The molecule has 1 heterocycles. The van der Waals surface area contributed by atoms with E-state index in [0.29, 0.717) is 5.92 Å². The summed E-state index contributed by atoms with van der Waals surface area (Å²) in [6.07, 6.45) is 5.90. The molecule has 104 valence electrons. The number of nitrogens with zero attached hydrogens (tertiary/aromatic N) is 2. The maximum atomic E-state index is 6.12. The lowest BCUT2D eigenvalue weighted by atomic mass is 10.1. The van der Waals surface area contributed by atoms with E-state index in [4.69, 9.17) is 5.73 Å². The smallest absolute Gasteiger partial charge is 0.147 e. The molecule has 0 atom stereocenters. The van der Waals surface area contributed by atoms with Crippen molar-refractivity contribution < 1.29 is 0 Å². The van der Waals surface area contributed by atoms with E-state index in [9.17, 15) is 0 Å². The first kappa shape index (κ1) is 15.2. The number of nitrogens with one attached hydrogen (secondary N) is 1. The predicted octanol–water partition coefficient (Wildman–Crippen LogP) is 3.07. The standard InChI is InChI=1S/C13H26N4S/c1-10(2)12-11(14)13(17(3)16-12)15-8-6-5-7-9-18-4/h10,15H,5-9,14H2,1-4H3. The number of thioether (sulfide) groups is 1. The molecule has 0 saturated heterocycles. The molecule has 0 spiro atoms. The van der Waals surface area contributed by atoms with Gasteiger partial charge in [0.25, 0.3) is 0 Å². The van der Waals surface area contributed by atoms with Gasteiger partial charge in [-0.2, -0.15) is 16.9 Å². The zero-order valence-electron chi connectivity index (χ0n) is 12.0. The summed E-state index contributed by atoms with van der Waals surface area (Å²) in [5.74, 6) is 2.59. The summed E-state index contributed by atoms with van der Waals surface area (Å²) in [4.78, 5) is 0. The van der Waals surface area contributed by atoms with E-state index in [2.05, 4.69) is 30.5 Å². The van der Waals surface area contributed by atoms with Gasteiger partial charge in [0, 0.05) is 13.6 Å². The monoisotopic (exact) mass is 270 g/mol. The highest BCUT2D eigenvalue weighted by molar-refractivity contribution is 7.98. The van der Waals surface area contributed by atoms with Crippen LogP contribution >= 0.6 is 11.8 Å². The minimum atomic E-state index is 0.369. The summed E-state index contributed by atoms with van der Waals surface area (Å²) in [6, 6.07) is 0. The van der Waals surface area contributed by atoms with Crippen LogP contribution < -0.4 is 11.1 Å². The van der Waals surface area contributed by atoms with Crippen LogP contribution in [0.2, 0.25) is 0 Å². The van der Waals surface area contributed by atoms with Crippen molar-refractivity contribution in [1.29, 1.82) is 0 Å². The van der Waals surface area contributed by atoms with Crippen molar-refractivity contribution in [2.75, 3.05) is 29.6 Å². The fourth-order valence-electron chi connectivity index (χ4n) is 1.95. The second-order valence-corrected chi connectivity index (χ2v) is 5.89. The van der Waals surface area contributed by atoms with Crippen molar-refractivity contribution in [2.45, 2.75) is 39.0 Å². The average molecular weight is 270 g/mol. The fourth-order valence-corrected chi connectivity index (χ4v) is 2.44. The third-order valence-corrected chi connectivity index (χ3v) is 3.67. The maximum absolute atomic E-state index is 6.12. The Balaban J connectivity index is 2.42. The molecular weight excluding hydrogens is 244 g/mol. The highest BCUT2D eigenvalue weighted by atomic mass is 32.2. The van der Waals surface area contributed by atoms with Gasteiger partial charge in [0.1, 0.15) is 5.82 Å². The van der Waals surface area contributed by atoms with Gasteiger partial charge in [0.15, 0.2) is 0 Å². The number of nitrogens with two attached hydrogens (primary N) is 1. The second-order valence-electron chi connectivity index (χ2n) is 4.91. The molecule has 0 saturated carbocycles. The van der Waals surface area contributed by atoms with Crippen LogP contribution in [0.25, 0.3) is 0 Å². The number of anilines is 2. The first-order valence-corrected chi connectivity index (χ1v) is 8.02. The molecule has 3 N–H and O–H groups in total. The molecule has 0 radical (unpaired) electrons. The molecule has 0 aliphatic carbocycles. The molecule has 5 heteroatoms. The minimum Gasteiger partial charge on any atom is -0.394 e. The van der Waals surface area contributed by atoms with Crippen LogP contribution in [0.5, 0.6) is 0 Å². The van der Waals surface area contributed by atoms with Gasteiger partial charge in [0.2, 0.25) is 0 Å². The normalized spacial score (nSPS) is 11.2. The quantitative estimate of drug-likeness (QED) is 0.713. The molecular formula is C13H26N4S. The van der Waals surface area contributed by atoms with E-state index in [1.54, 1.807) is 0 Å². The Hall–Kier alpha value is -0.840. The lowest BCUT2D eigenvalue weighted by Gasteiger charge is -2.07. The first-order chi connectivity index (χ1) is 8.57. The Bertz CT molecular complexity index is 360.